The standard InChI is InChI=1S/C23H22N8O/c32-22-18-5-4-15(10-16(18)11-26-22)19-14-25-20(21-24-6-9-31(19)21)29-17-12-27-23(28-13-17)30-7-2-1-3-8-30/h4-6,9-10,12-14H,1-3,7-8,11H2,(H,25,29)(H,26,32). The van der Waals surface area contributed by atoms with Crippen LogP contribution >= 0.6 is 0 Å². The van der Waals surface area contributed by atoms with Gasteiger partial charge in [0.2, 0.25) is 5.95 Å². The fourth-order valence-electron chi connectivity index (χ4n) is 4.39. The molecule has 0 atom stereocenters. The van der Waals surface area contributed by atoms with Gasteiger partial charge in [-0.1, -0.05) is 6.07 Å². The second-order valence-electron chi connectivity index (χ2n) is 8.11. The molecule has 9 heteroatoms. The number of benzene rings is 1. The Morgan fingerprint density at radius 2 is 1.81 bits per heavy atom. The van der Waals surface area contributed by atoms with Crippen LogP contribution in [0.25, 0.3) is 16.9 Å². The Kier molecular flexibility index (Phi) is 4.45. The lowest BCUT2D eigenvalue weighted by Gasteiger charge is -2.26. The van der Waals surface area contributed by atoms with Crippen molar-refractivity contribution in [1.29, 1.82) is 0 Å². The second kappa shape index (κ2) is 7.60. The van der Waals surface area contributed by atoms with E-state index in [4.69, 9.17) is 0 Å². The molecule has 4 aromatic rings. The molecule has 5 heterocycles. The zero-order valence-corrected chi connectivity index (χ0v) is 17.5. The van der Waals surface area contributed by atoms with Crippen molar-refractivity contribution < 1.29 is 4.79 Å². The number of hydrogen-bond donors (Lipinski definition) is 2. The molecular formula is C23H22N8O. The van der Waals surface area contributed by atoms with Crippen molar-refractivity contribution in [3.05, 3.63) is 60.3 Å². The SMILES string of the molecule is O=C1NCc2cc(-c3cnc(Nc4cnc(N5CCCCC5)nc4)c4nccn34)ccc21. The summed E-state index contributed by atoms with van der Waals surface area (Å²) in [6, 6.07) is 5.84. The molecule has 2 aliphatic heterocycles. The number of nitrogens with zero attached hydrogens (tertiary/aromatic N) is 6. The van der Waals surface area contributed by atoms with E-state index < -0.39 is 0 Å². The fourth-order valence-corrected chi connectivity index (χ4v) is 4.39. The van der Waals surface area contributed by atoms with Crippen LogP contribution in [0.3, 0.4) is 0 Å². The number of aromatic nitrogens is 5. The Morgan fingerprint density at radius 3 is 2.66 bits per heavy atom. The van der Waals surface area contributed by atoms with Gasteiger partial charge in [0.25, 0.3) is 5.91 Å². The molecule has 2 N–H and O–H groups in total. The number of hydrogen-bond acceptors (Lipinski definition) is 7. The summed E-state index contributed by atoms with van der Waals surface area (Å²) in [7, 11) is 0. The first-order valence-corrected chi connectivity index (χ1v) is 10.8. The maximum Gasteiger partial charge on any atom is 0.251 e. The summed E-state index contributed by atoms with van der Waals surface area (Å²) in [5, 5.41) is 6.16. The highest BCUT2D eigenvalue weighted by Gasteiger charge is 2.20. The van der Waals surface area contributed by atoms with E-state index in [0.717, 1.165) is 47.1 Å². The summed E-state index contributed by atoms with van der Waals surface area (Å²) in [5.74, 6) is 1.38. The van der Waals surface area contributed by atoms with Gasteiger partial charge in [-0.3, -0.25) is 9.20 Å². The third-order valence-corrected chi connectivity index (χ3v) is 6.05. The third kappa shape index (κ3) is 3.22. The normalized spacial score (nSPS) is 15.6. The summed E-state index contributed by atoms with van der Waals surface area (Å²) in [6.45, 7) is 2.57. The number of fused-ring (bicyclic) bond motifs is 2. The van der Waals surface area contributed by atoms with E-state index in [1.807, 2.05) is 35.0 Å². The first kappa shape index (κ1) is 18.7. The minimum Gasteiger partial charge on any atom is -0.348 e. The molecule has 0 unspecified atom stereocenters. The van der Waals surface area contributed by atoms with Crippen LogP contribution in [0.4, 0.5) is 17.5 Å². The summed E-state index contributed by atoms with van der Waals surface area (Å²) in [5.41, 5.74) is 5.08. The summed E-state index contributed by atoms with van der Waals surface area (Å²) < 4.78 is 1.99. The lowest BCUT2D eigenvalue weighted by Crippen LogP contribution is -2.30. The predicted molar refractivity (Wildman–Crippen MR) is 121 cm³/mol. The first-order valence-electron chi connectivity index (χ1n) is 10.8. The molecule has 1 saturated heterocycles. The Morgan fingerprint density at radius 1 is 0.969 bits per heavy atom. The average molecular weight is 426 g/mol. The number of amides is 1. The topological polar surface area (TPSA) is 100 Å². The van der Waals surface area contributed by atoms with Crippen molar-refractivity contribution in [3.63, 3.8) is 0 Å². The maximum atomic E-state index is 11.9. The van der Waals surface area contributed by atoms with Crippen LogP contribution < -0.4 is 15.5 Å². The Labute approximate surface area is 184 Å². The van der Waals surface area contributed by atoms with Crippen molar-refractivity contribution in [2.24, 2.45) is 0 Å². The van der Waals surface area contributed by atoms with Gasteiger partial charge in [-0.05, 0) is 37.0 Å². The van der Waals surface area contributed by atoms with Gasteiger partial charge in [-0.25, -0.2) is 19.9 Å². The lowest BCUT2D eigenvalue weighted by molar-refractivity contribution is 0.0966. The van der Waals surface area contributed by atoms with E-state index in [9.17, 15) is 4.79 Å². The van der Waals surface area contributed by atoms with Crippen LogP contribution in [0.5, 0.6) is 0 Å². The van der Waals surface area contributed by atoms with Crippen LogP contribution in [0.15, 0.2) is 49.2 Å². The summed E-state index contributed by atoms with van der Waals surface area (Å²) >= 11 is 0. The molecule has 2 aliphatic rings. The zero-order chi connectivity index (χ0) is 21.5. The van der Waals surface area contributed by atoms with Gasteiger partial charge in [0.15, 0.2) is 11.5 Å². The number of carbonyl (C=O) groups excluding carboxylic acids is 1. The van der Waals surface area contributed by atoms with E-state index in [-0.39, 0.29) is 5.91 Å². The Hall–Kier alpha value is -4.01. The Bertz CT molecular complexity index is 1310. The molecule has 3 aromatic heterocycles. The van der Waals surface area contributed by atoms with E-state index >= 15 is 0 Å². The van der Waals surface area contributed by atoms with Crippen molar-refractivity contribution in [1.82, 2.24) is 29.7 Å². The van der Waals surface area contributed by atoms with Crippen LogP contribution in [-0.4, -0.2) is 43.3 Å². The van der Waals surface area contributed by atoms with Gasteiger partial charge < -0.3 is 15.5 Å². The minimum absolute atomic E-state index is 0.0227. The minimum atomic E-state index is -0.0227. The molecule has 0 bridgehead atoms. The van der Waals surface area contributed by atoms with Crippen LogP contribution in [0.2, 0.25) is 0 Å². The number of piperidine rings is 1. The van der Waals surface area contributed by atoms with Gasteiger partial charge >= 0.3 is 0 Å². The zero-order valence-electron chi connectivity index (χ0n) is 17.5. The third-order valence-electron chi connectivity index (χ3n) is 6.05. The van der Waals surface area contributed by atoms with Gasteiger partial charge in [0.05, 0.1) is 30.0 Å². The highest BCUT2D eigenvalue weighted by molar-refractivity contribution is 5.98. The Balaban J connectivity index is 1.29. The number of anilines is 3. The quantitative estimate of drug-likeness (QED) is 0.517. The number of rotatable bonds is 4. The van der Waals surface area contributed by atoms with Gasteiger partial charge in [-0.15, -0.1) is 0 Å². The van der Waals surface area contributed by atoms with Crippen LogP contribution in [0.1, 0.15) is 35.2 Å². The largest absolute Gasteiger partial charge is 0.348 e. The molecule has 0 saturated carbocycles. The molecule has 160 valence electrons. The molecule has 1 fully saturated rings. The number of nitrogens with one attached hydrogen (secondary N) is 2. The van der Waals surface area contributed by atoms with E-state index in [1.165, 1.54) is 19.3 Å². The van der Waals surface area contributed by atoms with E-state index in [2.05, 4.69) is 35.5 Å². The summed E-state index contributed by atoms with van der Waals surface area (Å²) in [4.78, 5) is 32.3. The molecule has 0 aliphatic carbocycles. The predicted octanol–water partition coefficient (Wildman–Crippen LogP) is 3.16. The van der Waals surface area contributed by atoms with Gasteiger partial charge in [0, 0.05) is 43.2 Å². The highest BCUT2D eigenvalue weighted by Crippen LogP contribution is 2.28. The van der Waals surface area contributed by atoms with Gasteiger partial charge in [0.1, 0.15) is 0 Å². The maximum absolute atomic E-state index is 11.9. The van der Waals surface area contributed by atoms with Crippen molar-refractivity contribution in [3.8, 4) is 11.3 Å². The lowest BCUT2D eigenvalue weighted by atomic mass is 10.0. The van der Waals surface area contributed by atoms with Crippen molar-refractivity contribution >= 4 is 29.0 Å². The average Bonchev–Trinajstić information content (AvgIpc) is 3.48. The molecule has 1 aromatic carbocycles. The van der Waals surface area contributed by atoms with Gasteiger partial charge in [-0.2, -0.15) is 0 Å². The molecule has 9 nitrogen and oxygen atoms in total. The smallest absolute Gasteiger partial charge is 0.251 e. The highest BCUT2D eigenvalue weighted by atomic mass is 16.1. The second-order valence-corrected chi connectivity index (χ2v) is 8.11. The van der Waals surface area contributed by atoms with Crippen LogP contribution in [-0.2, 0) is 6.54 Å². The van der Waals surface area contributed by atoms with E-state index in [0.29, 0.717) is 18.0 Å². The number of imidazole rings is 1. The van der Waals surface area contributed by atoms with Crippen molar-refractivity contribution in [2.75, 3.05) is 23.3 Å². The molecule has 0 spiro atoms. The number of carbonyl (C=O) groups is 1. The summed E-state index contributed by atoms with van der Waals surface area (Å²) in [6.07, 6.45) is 12.7. The first-order chi connectivity index (χ1) is 15.8. The molecule has 1 amide bonds. The fraction of sp³-hybridized carbons (Fsp3) is 0.261. The monoisotopic (exact) mass is 426 g/mol. The molecule has 32 heavy (non-hydrogen) atoms. The van der Waals surface area contributed by atoms with Crippen molar-refractivity contribution in [2.45, 2.75) is 25.8 Å². The van der Waals surface area contributed by atoms with Crippen LogP contribution in [0, 0.1) is 0 Å². The molecular weight excluding hydrogens is 404 g/mol. The molecule has 6 rings (SSSR count). The molecule has 0 radical (unpaired) electrons. The van der Waals surface area contributed by atoms with E-state index in [1.54, 1.807) is 18.6 Å².